The molecule has 0 heterocycles. The Labute approximate surface area is 427 Å². The van der Waals surface area contributed by atoms with E-state index < -0.39 is 57.8 Å². The quantitative estimate of drug-likeness (QED) is 0.0197. The maximum atomic E-state index is 12.9. The normalized spacial score (nSPS) is 13.8. The molecule has 0 saturated carbocycles. The van der Waals surface area contributed by atoms with E-state index in [1.807, 2.05) is 6.08 Å². The van der Waals surface area contributed by atoms with Crippen LogP contribution in [0.25, 0.3) is 0 Å². The summed E-state index contributed by atoms with van der Waals surface area (Å²) in [7, 11) is -4.75. The fourth-order valence-electron chi connectivity index (χ4n) is 7.69. The lowest BCUT2D eigenvalue weighted by atomic mass is 10.0. The second kappa shape index (κ2) is 52.5. The molecule has 3 atom stereocenters. The van der Waals surface area contributed by atoms with Crippen LogP contribution in [0.1, 0.15) is 252 Å². The summed E-state index contributed by atoms with van der Waals surface area (Å²) in [5.41, 5.74) is 0. The number of carbonyl (C=O) groups is 3. The third-order valence-electron chi connectivity index (χ3n) is 12.0. The van der Waals surface area contributed by atoms with Crippen LogP contribution in [0, 0.1) is 0 Å². The van der Waals surface area contributed by atoms with Crippen LogP contribution in [0.15, 0.2) is 60.8 Å². The van der Waals surface area contributed by atoms with Crippen molar-refractivity contribution < 1.29 is 52.2 Å². The number of phosphoric acid groups is 1. The molecule has 11 nitrogen and oxygen atoms in total. The summed E-state index contributed by atoms with van der Waals surface area (Å²) in [6, 6.07) is 0. The lowest BCUT2D eigenvalue weighted by molar-refractivity contribution is -0.161. The lowest BCUT2D eigenvalue weighted by Crippen LogP contribution is -2.30. The molecule has 406 valence electrons. The molecule has 70 heavy (non-hydrogen) atoms. The highest BCUT2D eigenvalue weighted by Gasteiger charge is 2.28. The summed E-state index contributed by atoms with van der Waals surface area (Å²) in [6.07, 6.45) is 56.3. The molecule has 0 aliphatic rings. The van der Waals surface area contributed by atoms with Crippen LogP contribution in [0.5, 0.6) is 0 Å². The van der Waals surface area contributed by atoms with Gasteiger partial charge in [-0.1, -0.05) is 236 Å². The number of ether oxygens (including phenoxy) is 3. The van der Waals surface area contributed by atoms with Crippen LogP contribution in [0.2, 0.25) is 0 Å². The number of allylic oxidation sites excluding steroid dienone is 10. The minimum absolute atomic E-state index is 0.150. The molecular formula is C58H103O11P. The van der Waals surface area contributed by atoms with E-state index in [2.05, 4.69) is 75.5 Å². The lowest BCUT2D eigenvalue weighted by Gasteiger charge is -2.21. The van der Waals surface area contributed by atoms with Gasteiger partial charge in [0.05, 0.1) is 19.8 Å². The molecule has 0 bridgehead atoms. The molecule has 0 fully saturated rings. The number of hydrogen-bond acceptors (Lipinski definition) is 10. The molecular weight excluding hydrogens is 904 g/mol. The Morgan fingerprint density at radius 3 is 1.13 bits per heavy atom. The van der Waals surface area contributed by atoms with Gasteiger partial charge in [-0.2, -0.15) is 0 Å². The first-order valence-corrected chi connectivity index (χ1v) is 29.7. The molecule has 0 spiro atoms. The van der Waals surface area contributed by atoms with Crippen molar-refractivity contribution in [1.29, 1.82) is 0 Å². The smallest absolute Gasteiger partial charge is 0.462 e. The van der Waals surface area contributed by atoms with E-state index >= 15 is 0 Å². The Morgan fingerprint density at radius 1 is 0.414 bits per heavy atom. The van der Waals surface area contributed by atoms with Gasteiger partial charge in [0, 0.05) is 19.3 Å². The molecule has 0 aromatic carbocycles. The number of carbonyl (C=O) groups excluding carboxylic acids is 3. The number of unbranched alkanes of at least 4 members (excludes halogenated alkanes) is 25. The maximum absolute atomic E-state index is 12.9. The summed E-state index contributed by atoms with van der Waals surface area (Å²) < 4.78 is 39.4. The highest BCUT2D eigenvalue weighted by atomic mass is 31.2. The standard InChI is InChI=1S/C58H103O11P/c1-4-7-10-13-16-19-21-23-25-27-29-31-33-36-38-41-44-47-56(60)65-51-55(69-58(62)49-46-43-40-37-34-32-30-28-26-24-22-20-17-14-11-8-5-2)53-67-70(63,64)66-52-54(50-59)68-57(61)48-45-42-39-35-18-15-12-9-6-3/h7,10,16,19,23,25,29,31,36,38,54-55,59H,4-6,8-9,11-15,17-18,20-22,24,26-28,30,32-35,37,39-53H2,1-3H3,(H,63,64)/b10-7-,19-16-,25-23-,31-29-,38-36-. The molecule has 0 radical (unpaired) electrons. The first-order chi connectivity index (χ1) is 34.2. The van der Waals surface area contributed by atoms with E-state index in [0.717, 1.165) is 70.6 Å². The van der Waals surface area contributed by atoms with Crippen molar-refractivity contribution in [3.63, 3.8) is 0 Å². The third-order valence-corrected chi connectivity index (χ3v) is 12.9. The zero-order valence-corrected chi connectivity index (χ0v) is 45.6. The minimum atomic E-state index is -4.75. The zero-order valence-electron chi connectivity index (χ0n) is 44.7. The van der Waals surface area contributed by atoms with Crippen LogP contribution >= 0.6 is 7.82 Å². The number of aliphatic hydroxyl groups excluding tert-OH is 1. The highest BCUT2D eigenvalue weighted by Crippen LogP contribution is 2.43. The van der Waals surface area contributed by atoms with Gasteiger partial charge in [0.25, 0.3) is 0 Å². The van der Waals surface area contributed by atoms with Crippen molar-refractivity contribution in [3.05, 3.63) is 60.8 Å². The van der Waals surface area contributed by atoms with Crippen molar-refractivity contribution in [2.75, 3.05) is 26.4 Å². The van der Waals surface area contributed by atoms with E-state index in [9.17, 15) is 28.9 Å². The van der Waals surface area contributed by atoms with Gasteiger partial charge in [0.1, 0.15) is 12.7 Å². The van der Waals surface area contributed by atoms with Gasteiger partial charge in [-0.25, -0.2) is 4.57 Å². The molecule has 2 N–H and O–H groups in total. The number of phosphoric ester groups is 1. The van der Waals surface area contributed by atoms with Crippen LogP contribution in [-0.4, -0.2) is 66.5 Å². The summed E-state index contributed by atoms with van der Waals surface area (Å²) >= 11 is 0. The second-order valence-electron chi connectivity index (χ2n) is 18.7. The molecule has 0 rings (SSSR count). The van der Waals surface area contributed by atoms with E-state index in [1.54, 1.807) is 0 Å². The zero-order chi connectivity index (χ0) is 51.3. The fourth-order valence-corrected chi connectivity index (χ4v) is 8.47. The Kier molecular flexibility index (Phi) is 50.4. The van der Waals surface area contributed by atoms with E-state index in [1.165, 1.54) is 116 Å². The van der Waals surface area contributed by atoms with Crippen molar-refractivity contribution in [1.82, 2.24) is 0 Å². The van der Waals surface area contributed by atoms with Gasteiger partial charge in [-0.05, 0) is 57.8 Å². The van der Waals surface area contributed by atoms with Crippen LogP contribution in [0.3, 0.4) is 0 Å². The van der Waals surface area contributed by atoms with Crippen molar-refractivity contribution in [2.45, 2.75) is 264 Å². The average Bonchev–Trinajstić information content (AvgIpc) is 3.35. The number of aliphatic hydroxyl groups is 1. The average molecular weight is 1010 g/mol. The predicted molar refractivity (Wildman–Crippen MR) is 288 cm³/mol. The highest BCUT2D eigenvalue weighted by molar-refractivity contribution is 7.47. The molecule has 0 aliphatic heterocycles. The van der Waals surface area contributed by atoms with Crippen molar-refractivity contribution in [3.8, 4) is 0 Å². The van der Waals surface area contributed by atoms with E-state index in [-0.39, 0.29) is 25.9 Å². The molecule has 3 unspecified atom stereocenters. The number of rotatable bonds is 52. The summed E-state index contributed by atoms with van der Waals surface area (Å²) in [6.45, 7) is 4.46. The van der Waals surface area contributed by atoms with Gasteiger partial charge < -0.3 is 24.2 Å². The van der Waals surface area contributed by atoms with Crippen LogP contribution in [0.4, 0.5) is 0 Å². The van der Waals surface area contributed by atoms with E-state index in [4.69, 9.17) is 23.3 Å². The maximum Gasteiger partial charge on any atom is 0.472 e. The summed E-state index contributed by atoms with van der Waals surface area (Å²) in [4.78, 5) is 48.4. The van der Waals surface area contributed by atoms with Gasteiger partial charge in [-0.15, -0.1) is 0 Å². The molecule has 0 saturated heterocycles. The largest absolute Gasteiger partial charge is 0.472 e. The Morgan fingerprint density at radius 2 is 0.743 bits per heavy atom. The van der Waals surface area contributed by atoms with Gasteiger partial charge in [-0.3, -0.25) is 23.4 Å². The molecule has 0 aromatic rings. The molecule has 0 aliphatic carbocycles. The number of esters is 3. The number of hydrogen-bond donors (Lipinski definition) is 2. The predicted octanol–water partition coefficient (Wildman–Crippen LogP) is 16.4. The Balaban J connectivity index is 4.78. The van der Waals surface area contributed by atoms with Gasteiger partial charge >= 0.3 is 25.7 Å². The first kappa shape index (κ1) is 67.2. The Bertz CT molecular complexity index is 1410. The van der Waals surface area contributed by atoms with Gasteiger partial charge in [0.15, 0.2) is 6.10 Å². The van der Waals surface area contributed by atoms with Crippen LogP contribution < -0.4 is 0 Å². The van der Waals surface area contributed by atoms with Gasteiger partial charge in [0.2, 0.25) is 0 Å². The van der Waals surface area contributed by atoms with Crippen LogP contribution in [-0.2, 0) is 42.2 Å². The Hall–Kier alpha value is -2.82. The first-order valence-electron chi connectivity index (χ1n) is 28.2. The fraction of sp³-hybridized carbons (Fsp3) is 0.776. The summed E-state index contributed by atoms with van der Waals surface area (Å²) in [5, 5.41) is 9.76. The topological polar surface area (TPSA) is 155 Å². The van der Waals surface area contributed by atoms with Crippen molar-refractivity contribution >= 4 is 25.7 Å². The molecule has 0 aromatic heterocycles. The van der Waals surface area contributed by atoms with Crippen molar-refractivity contribution in [2.24, 2.45) is 0 Å². The van der Waals surface area contributed by atoms with E-state index in [0.29, 0.717) is 25.7 Å². The second-order valence-corrected chi connectivity index (χ2v) is 20.2. The molecule has 12 heteroatoms. The monoisotopic (exact) mass is 1010 g/mol. The summed E-state index contributed by atoms with van der Waals surface area (Å²) in [5.74, 6) is -1.53. The molecule has 0 amide bonds. The minimum Gasteiger partial charge on any atom is -0.462 e. The third kappa shape index (κ3) is 50.1. The SMILES string of the molecule is CC/C=C\C/C=C\C/C=C\C/C=C\C/C=C\CCCC(=O)OCC(COP(=O)(O)OCC(CO)OC(=O)CCCCCCCCCCC)OC(=O)CCCCCCCCCCCCCCCCCCC.